The number of carbonyl (C=O) groups is 2. The Morgan fingerprint density at radius 1 is 1.32 bits per heavy atom. The van der Waals surface area contributed by atoms with Crippen LogP contribution in [0.3, 0.4) is 0 Å². The number of allylic oxidation sites excluding steroid dienone is 1. The highest BCUT2D eigenvalue weighted by Crippen LogP contribution is 2.35. The molecule has 1 aliphatic rings. The van der Waals surface area contributed by atoms with Crippen molar-refractivity contribution in [2.45, 2.75) is 13.0 Å². The summed E-state index contributed by atoms with van der Waals surface area (Å²) in [4.78, 5) is 27.5. The average molecular weight is 433 g/mol. The number of methoxy groups -OCH3 is 2. The Morgan fingerprint density at radius 3 is 2.64 bits per heavy atom. The zero-order chi connectivity index (χ0) is 18.4. The number of hydrogen-bond donors (Lipinski definition) is 1. The van der Waals surface area contributed by atoms with Gasteiger partial charge in [-0.05, 0) is 28.9 Å². The van der Waals surface area contributed by atoms with Gasteiger partial charge in [0.05, 0.1) is 31.4 Å². The summed E-state index contributed by atoms with van der Waals surface area (Å²) < 4.78 is 16.2. The first-order chi connectivity index (χ1) is 12.0. The summed E-state index contributed by atoms with van der Waals surface area (Å²) in [5, 5.41) is 4.79. The van der Waals surface area contributed by atoms with E-state index in [2.05, 4.69) is 21.2 Å². The van der Waals surface area contributed by atoms with E-state index in [1.54, 1.807) is 14.0 Å². The summed E-state index contributed by atoms with van der Waals surface area (Å²) in [6.45, 7) is 2.93. The van der Waals surface area contributed by atoms with E-state index in [1.807, 2.05) is 11.4 Å². The number of nitrogens with zero attached hydrogens (tertiary/aromatic N) is 1. The van der Waals surface area contributed by atoms with Crippen LogP contribution in [-0.2, 0) is 19.0 Å². The third-order valence-corrected chi connectivity index (χ3v) is 5.49. The van der Waals surface area contributed by atoms with Gasteiger partial charge < -0.3 is 19.5 Å². The van der Waals surface area contributed by atoms with Crippen LogP contribution in [0.15, 0.2) is 27.2 Å². The Labute approximate surface area is 159 Å². The van der Waals surface area contributed by atoms with Crippen molar-refractivity contribution < 1.29 is 23.8 Å². The van der Waals surface area contributed by atoms with Crippen LogP contribution in [0.1, 0.15) is 17.8 Å². The van der Waals surface area contributed by atoms with E-state index in [-0.39, 0.29) is 12.6 Å². The van der Waals surface area contributed by atoms with Crippen LogP contribution in [0.4, 0.5) is 4.79 Å². The number of halogens is 1. The fourth-order valence-corrected chi connectivity index (χ4v) is 3.99. The molecule has 1 aromatic rings. The van der Waals surface area contributed by atoms with Crippen LogP contribution in [0, 0.1) is 0 Å². The predicted octanol–water partition coefficient (Wildman–Crippen LogP) is 2.69. The SMILES string of the molecule is COCCOC(=O)C1=C(C)N(CCOC)C(=O)NC1c1cc(Br)cs1. The monoisotopic (exact) mass is 432 g/mol. The van der Waals surface area contributed by atoms with E-state index in [0.717, 1.165) is 9.35 Å². The maximum Gasteiger partial charge on any atom is 0.338 e. The van der Waals surface area contributed by atoms with Gasteiger partial charge in [0.25, 0.3) is 0 Å². The second kappa shape index (κ2) is 9.33. The lowest BCUT2D eigenvalue weighted by atomic mass is 10.0. The molecule has 1 unspecified atom stereocenters. The molecule has 7 nitrogen and oxygen atoms in total. The largest absolute Gasteiger partial charge is 0.460 e. The van der Waals surface area contributed by atoms with Crippen molar-refractivity contribution in [3.8, 4) is 0 Å². The molecule has 25 heavy (non-hydrogen) atoms. The van der Waals surface area contributed by atoms with Crippen molar-refractivity contribution in [2.75, 3.05) is 40.6 Å². The molecule has 1 N–H and O–H groups in total. The molecular formula is C16H21BrN2O5S. The Bertz CT molecular complexity index is 661. The van der Waals surface area contributed by atoms with Crippen LogP contribution < -0.4 is 5.32 Å². The predicted molar refractivity (Wildman–Crippen MR) is 97.4 cm³/mol. The number of rotatable bonds is 8. The molecule has 1 atom stereocenters. The van der Waals surface area contributed by atoms with Crippen molar-refractivity contribution in [1.29, 1.82) is 0 Å². The van der Waals surface area contributed by atoms with Crippen LogP contribution in [-0.4, -0.2) is 57.5 Å². The van der Waals surface area contributed by atoms with Crippen molar-refractivity contribution in [3.63, 3.8) is 0 Å². The van der Waals surface area contributed by atoms with Gasteiger partial charge in [0.15, 0.2) is 0 Å². The van der Waals surface area contributed by atoms with Crippen molar-refractivity contribution in [1.82, 2.24) is 10.2 Å². The lowest BCUT2D eigenvalue weighted by Gasteiger charge is -2.34. The third kappa shape index (κ3) is 4.81. The Morgan fingerprint density at radius 2 is 2.04 bits per heavy atom. The third-order valence-electron chi connectivity index (χ3n) is 3.73. The number of amides is 2. The average Bonchev–Trinajstić information content (AvgIpc) is 3.00. The number of hydrogen-bond acceptors (Lipinski definition) is 6. The molecule has 0 saturated heterocycles. The van der Waals surface area contributed by atoms with Gasteiger partial charge in [0.2, 0.25) is 0 Å². The molecule has 1 aromatic heterocycles. The molecule has 0 radical (unpaired) electrons. The molecule has 9 heteroatoms. The van der Waals surface area contributed by atoms with Crippen LogP contribution in [0.2, 0.25) is 0 Å². The van der Waals surface area contributed by atoms with Crippen LogP contribution in [0.25, 0.3) is 0 Å². The second-order valence-electron chi connectivity index (χ2n) is 5.32. The molecule has 0 fully saturated rings. The molecule has 138 valence electrons. The molecule has 2 rings (SSSR count). The first kappa shape index (κ1) is 19.9. The van der Waals surface area contributed by atoms with Gasteiger partial charge in [-0.3, -0.25) is 4.90 Å². The van der Waals surface area contributed by atoms with Gasteiger partial charge in [0.1, 0.15) is 6.61 Å². The highest BCUT2D eigenvalue weighted by molar-refractivity contribution is 9.10. The minimum absolute atomic E-state index is 0.152. The van der Waals surface area contributed by atoms with Crippen molar-refractivity contribution >= 4 is 39.3 Å². The summed E-state index contributed by atoms with van der Waals surface area (Å²) in [7, 11) is 3.10. The zero-order valence-corrected chi connectivity index (χ0v) is 16.7. The molecule has 1 aliphatic heterocycles. The molecule has 2 heterocycles. The van der Waals surface area contributed by atoms with Crippen LogP contribution in [0.5, 0.6) is 0 Å². The Balaban J connectivity index is 2.35. The molecule has 0 bridgehead atoms. The standard InChI is InChI=1S/C16H21BrN2O5S/c1-10-13(15(20)24-7-6-23-3)14(12-8-11(17)9-25-12)18-16(21)19(10)4-5-22-2/h8-9,14H,4-7H2,1-3H3,(H,18,21). The summed E-state index contributed by atoms with van der Waals surface area (Å²) in [5.74, 6) is -0.466. The van der Waals surface area contributed by atoms with E-state index in [9.17, 15) is 9.59 Å². The molecule has 0 aromatic carbocycles. The Kier molecular flexibility index (Phi) is 7.42. The maximum absolute atomic E-state index is 12.6. The number of ether oxygens (including phenoxy) is 3. The number of thiophene rings is 1. The quantitative estimate of drug-likeness (QED) is 0.504. The number of carbonyl (C=O) groups excluding carboxylic acids is 2. The van der Waals surface area contributed by atoms with Gasteiger partial charge >= 0.3 is 12.0 Å². The van der Waals surface area contributed by atoms with E-state index in [4.69, 9.17) is 14.2 Å². The maximum atomic E-state index is 12.6. The number of urea groups is 1. The fourth-order valence-electron chi connectivity index (χ4n) is 2.49. The van der Waals surface area contributed by atoms with E-state index < -0.39 is 12.0 Å². The van der Waals surface area contributed by atoms with E-state index in [0.29, 0.717) is 31.0 Å². The molecule has 0 spiro atoms. The van der Waals surface area contributed by atoms with Gasteiger partial charge in [0, 0.05) is 34.6 Å². The van der Waals surface area contributed by atoms with Gasteiger partial charge in [-0.1, -0.05) is 0 Å². The molecule has 2 amide bonds. The summed E-state index contributed by atoms with van der Waals surface area (Å²) in [6.07, 6.45) is 0. The van der Waals surface area contributed by atoms with E-state index >= 15 is 0 Å². The number of esters is 1. The van der Waals surface area contributed by atoms with Gasteiger partial charge in [-0.2, -0.15) is 0 Å². The summed E-state index contributed by atoms with van der Waals surface area (Å²) in [6, 6.07) is 1.08. The lowest BCUT2D eigenvalue weighted by Crippen LogP contribution is -2.48. The second-order valence-corrected chi connectivity index (χ2v) is 7.18. The molecular weight excluding hydrogens is 412 g/mol. The van der Waals surface area contributed by atoms with Crippen molar-refractivity contribution in [2.24, 2.45) is 0 Å². The fraction of sp³-hybridized carbons (Fsp3) is 0.500. The molecule has 0 saturated carbocycles. The van der Waals surface area contributed by atoms with Gasteiger partial charge in [-0.15, -0.1) is 11.3 Å². The van der Waals surface area contributed by atoms with Crippen LogP contribution >= 0.6 is 27.3 Å². The minimum Gasteiger partial charge on any atom is -0.460 e. The lowest BCUT2D eigenvalue weighted by molar-refractivity contribution is -0.140. The zero-order valence-electron chi connectivity index (χ0n) is 14.3. The Hall–Kier alpha value is -1.42. The summed E-state index contributed by atoms with van der Waals surface area (Å²) >= 11 is 4.86. The minimum atomic E-state index is -0.544. The smallest absolute Gasteiger partial charge is 0.338 e. The highest BCUT2D eigenvalue weighted by Gasteiger charge is 2.37. The highest BCUT2D eigenvalue weighted by atomic mass is 79.9. The summed E-state index contributed by atoms with van der Waals surface area (Å²) in [5.41, 5.74) is 0.985. The van der Waals surface area contributed by atoms with E-state index in [1.165, 1.54) is 23.3 Å². The normalized spacial score (nSPS) is 17.7. The van der Waals surface area contributed by atoms with Gasteiger partial charge in [-0.25, -0.2) is 9.59 Å². The first-order valence-electron chi connectivity index (χ1n) is 7.67. The number of nitrogens with one attached hydrogen (secondary N) is 1. The topological polar surface area (TPSA) is 77.1 Å². The molecule has 0 aliphatic carbocycles. The van der Waals surface area contributed by atoms with Crippen molar-refractivity contribution in [3.05, 3.63) is 32.1 Å². The first-order valence-corrected chi connectivity index (χ1v) is 9.34.